The van der Waals surface area contributed by atoms with Gasteiger partial charge in [0.15, 0.2) is 0 Å². The molecule has 0 aliphatic carbocycles. The summed E-state index contributed by atoms with van der Waals surface area (Å²) in [6.07, 6.45) is 5.42. The van der Waals surface area contributed by atoms with Crippen molar-refractivity contribution in [3.8, 4) is 0 Å². The fourth-order valence-electron chi connectivity index (χ4n) is 1.53. The van der Waals surface area contributed by atoms with E-state index in [1.807, 2.05) is 35.0 Å². The van der Waals surface area contributed by atoms with E-state index in [0.717, 1.165) is 17.8 Å². The minimum atomic E-state index is -0.0511. The van der Waals surface area contributed by atoms with Crippen molar-refractivity contribution in [2.75, 3.05) is 10.6 Å². The Labute approximate surface area is 108 Å². The Bertz CT molecular complexity index is 496. The SMILES string of the molecule is O=C(CBr)Nc1cccc(Cn2ccnc2)c1. The van der Waals surface area contributed by atoms with Crippen LogP contribution in [0.1, 0.15) is 5.56 Å². The van der Waals surface area contributed by atoms with Gasteiger partial charge in [0.2, 0.25) is 5.91 Å². The molecule has 0 aliphatic rings. The smallest absolute Gasteiger partial charge is 0.235 e. The third kappa shape index (κ3) is 3.42. The first-order valence-electron chi connectivity index (χ1n) is 5.18. The molecular formula is C12H12BrN3O. The third-order valence-electron chi connectivity index (χ3n) is 2.26. The lowest BCUT2D eigenvalue weighted by Crippen LogP contribution is -2.12. The van der Waals surface area contributed by atoms with Crippen molar-refractivity contribution in [3.63, 3.8) is 0 Å². The fourth-order valence-corrected chi connectivity index (χ4v) is 1.67. The Morgan fingerprint density at radius 1 is 1.47 bits per heavy atom. The van der Waals surface area contributed by atoms with Crippen LogP contribution in [0.15, 0.2) is 43.0 Å². The van der Waals surface area contributed by atoms with Gasteiger partial charge in [-0.25, -0.2) is 4.98 Å². The van der Waals surface area contributed by atoms with Gasteiger partial charge in [-0.2, -0.15) is 0 Å². The number of nitrogens with one attached hydrogen (secondary N) is 1. The maximum atomic E-state index is 11.2. The van der Waals surface area contributed by atoms with Gasteiger partial charge in [-0.1, -0.05) is 28.1 Å². The highest BCUT2D eigenvalue weighted by Crippen LogP contribution is 2.12. The lowest BCUT2D eigenvalue weighted by atomic mass is 10.2. The van der Waals surface area contributed by atoms with Gasteiger partial charge in [-0.15, -0.1) is 0 Å². The second-order valence-electron chi connectivity index (χ2n) is 3.62. The number of anilines is 1. The maximum absolute atomic E-state index is 11.2. The monoisotopic (exact) mass is 293 g/mol. The number of alkyl halides is 1. The molecule has 1 N–H and O–H groups in total. The first kappa shape index (κ1) is 11.9. The lowest BCUT2D eigenvalue weighted by Gasteiger charge is -2.06. The number of halogens is 1. The summed E-state index contributed by atoms with van der Waals surface area (Å²) < 4.78 is 1.98. The number of carbonyl (C=O) groups is 1. The minimum absolute atomic E-state index is 0.0511. The van der Waals surface area contributed by atoms with Gasteiger partial charge in [0.25, 0.3) is 0 Å². The summed E-state index contributed by atoms with van der Waals surface area (Å²) in [5.41, 5.74) is 1.93. The van der Waals surface area contributed by atoms with E-state index in [2.05, 4.69) is 26.2 Å². The van der Waals surface area contributed by atoms with Crippen LogP contribution in [0.3, 0.4) is 0 Å². The number of carbonyl (C=O) groups excluding carboxylic acids is 1. The first-order valence-corrected chi connectivity index (χ1v) is 6.30. The van der Waals surface area contributed by atoms with Gasteiger partial charge >= 0.3 is 0 Å². The summed E-state index contributed by atoms with van der Waals surface area (Å²) in [5.74, 6) is -0.0511. The molecular weight excluding hydrogens is 282 g/mol. The Morgan fingerprint density at radius 2 is 2.35 bits per heavy atom. The Kier molecular flexibility index (Phi) is 3.93. The van der Waals surface area contributed by atoms with Crippen molar-refractivity contribution in [2.45, 2.75) is 6.54 Å². The van der Waals surface area contributed by atoms with Crippen molar-refractivity contribution in [2.24, 2.45) is 0 Å². The quantitative estimate of drug-likeness (QED) is 0.879. The number of imidazole rings is 1. The zero-order valence-corrected chi connectivity index (χ0v) is 10.7. The van der Waals surface area contributed by atoms with E-state index in [1.165, 1.54) is 0 Å². The molecule has 2 rings (SSSR count). The molecule has 1 amide bonds. The molecule has 0 saturated heterocycles. The molecule has 0 aliphatic heterocycles. The molecule has 1 heterocycles. The number of hydrogen-bond donors (Lipinski definition) is 1. The Balaban J connectivity index is 2.08. The van der Waals surface area contributed by atoms with Crippen LogP contribution in [-0.4, -0.2) is 20.8 Å². The minimum Gasteiger partial charge on any atom is -0.333 e. The van der Waals surface area contributed by atoms with Gasteiger partial charge in [-0.05, 0) is 17.7 Å². The standard InChI is InChI=1S/C12H12BrN3O/c13-7-12(17)15-11-3-1-2-10(6-11)8-16-5-4-14-9-16/h1-6,9H,7-8H2,(H,15,17). The molecule has 0 bridgehead atoms. The highest BCUT2D eigenvalue weighted by molar-refractivity contribution is 9.09. The molecule has 0 saturated carbocycles. The zero-order chi connectivity index (χ0) is 12.1. The van der Waals surface area contributed by atoms with E-state index in [0.29, 0.717) is 5.33 Å². The summed E-state index contributed by atoms with van der Waals surface area (Å²) in [4.78, 5) is 15.2. The molecule has 1 aromatic heterocycles. The average molecular weight is 294 g/mol. The van der Waals surface area contributed by atoms with E-state index in [1.54, 1.807) is 12.5 Å². The van der Waals surface area contributed by atoms with Crippen molar-refractivity contribution in [1.82, 2.24) is 9.55 Å². The second-order valence-corrected chi connectivity index (χ2v) is 4.18. The summed E-state index contributed by atoms with van der Waals surface area (Å²) in [5, 5.41) is 3.11. The molecule has 1 aromatic carbocycles. The van der Waals surface area contributed by atoms with Crippen LogP contribution in [0.25, 0.3) is 0 Å². The number of rotatable bonds is 4. The number of hydrogen-bond acceptors (Lipinski definition) is 2. The van der Waals surface area contributed by atoms with Gasteiger partial charge in [0, 0.05) is 24.6 Å². The summed E-state index contributed by atoms with van der Waals surface area (Å²) in [6.45, 7) is 0.748. The van der Waals surface area contributed by atoms with Crippen LogP contribution in [0.5, 0.6) is 0 Å². The number of amides is 1. The predicted octanol–water partition coefficient (Wildman–Crippen LogP) is 2.26. The molecule has 2 aromatic rings. The van der Waals surface area contributed by atoms with Crippen molar-refractivity contribution in [1.29, 1.82) is 0 Å². The Morgan fingerprint density at radius 3 is 3.06 bits per heavy atom. The Hall–Kier alpha value is -1.62. The van der Waals surface area contributed by atoms with E-state index in [9.17, 15) is 4.79 Å². The molecule has 4 nitrogen and oxygen atoms in total. The molecule has 17 heavy (non-hydrogen) atoms. The van der Waals surface area contributed by atoms with E-state index in [-0.39, 0.29) is 5.91 Å². The van der Waals surface area contributed by atoms with Crippen LogP contribution < -0.4 is 5.32 Å². The molecule has 0 fully saturated rings. The summed E-state index contributed by atoms with van der Waals surface area (Å²) in [6, 6.07) is 7.78. The molecule has 0 unspecified atom stereocenters. The molecule has 0 spiro atoms. The van der Waals surface area contributed by atoms with E-state index >= 15 is 0 Å². The van der Waals surface area contributed by atoms with Gasteiger partial charge in [0.05, 0.1) is 11.7 Å². The summed E-state index contributed by atoms with van der Waals surface area (Å²) >= 11 is 3.11. The van der Waals surface area contributed by atoms with Gasteiger partial charge in [-0.3, -0.25) is 4.79 Å². The fraction of sp³-hybridized carbons (Fsp3) is 0.167. The predicted molar refractivity (Wildman–Crippen MR) is 70.2 cm³/mol. The van der Waals surface area contributed by atoms with Crippen LogP contribution in [0.4, 0.5) is 5.69 Å². The normalized spacial score (nSPS) is 10.2. The van der Waals surface area contributed by atoms with E-state index < -0.39 is 0 Å². The van der Waals surface area contributed by atoms with Crippen molar-refractivity contribution >= 4 is 27.5 Å². The largest absolute Gasteiger partial charge is 0.333 e. The van der Waals surface area contributed by atoms with Crippen molar-refractivity contribution < 1.29 is 4.79 Å². The third-order valence-corrected chi connectivity index (χ3v) is 2.77. The van der Waals surface area contributed by atoms with Gasteiger partial charge < -0.3 is 9.88 Å². The first-order chi connectivity index (χ1) is 8.28. The van der Waals surface area contributed by atoms with Crippen LogP contribution >= 0.6 is 15.9 Å². The molecule has 0 atom stereocenters. The maximum Gasteiger partial charge on any atom is 0.235 e. The van der Waals surface area contributed by atoms with Crippen molar-refractivity contribution in [3.05, 3.63) is 48.5 Å². The molecule has 88 valence electrons. The number of aromatic nitrogens is 2. The van der Waals surface area contributed by atoms with Crippen LogP contribution in [0.2, 0.25) is 0 Å². The topological polar surface area (TPSA) is 46.9 Å². The zero-order valence-electron chi connectivity index (χ0n) is 9.14. The number of benzene rings is 1. The summed E-state index contributed by atoms with van der Waals surface area (Å²) in [7, 11) is 0. The number of nitrogens with zero attached hydrogens (tertiary/aromatic N) is 2. The van der Waals surface area contributed by atoms with Gasteiger partial charge in [0.1, 0.15) is 0 Å². The van der Waals surface area contributed by atoms with E-state index in [4.69, 9.17) is 0 Å². The highest BCUT2D eigenvalue weighted by Gasteiger charge is 2.01. The van der Waals surface area contributed by atoms with Crippen LogP contribution in [0, 0.1) is 0 Å². The molecule has 5 heteroatoms. The lowest BCUT2D eigenvalue weighted by molar-refractivity contribution is -0.113. The average Bonchev–Trinajstić information content (AvgIpc) is 2.82. The highest BCUT2D eigenvalue weighted by atomic mass is 79.9. The second kappa shape index (κ2) is 5.63. The van der Waals surface area contributed by atoms with Crippen LogP contribution in [-0.2, 0) is 11.3 Å². The molecule has 0 radical (unpaired) electrons.